The Hall–Kier alpha value is -3.68. The van der Waals surface area contributed by atoms with E-state index >= 15 is 0 Å². The monoisotopic (exact) mass is 550 g/mol. The zero-order valence-electron chi connectivity index (χ0n) is 20.6. The lowest BCUT2D eigenvalue weighted by Gasteiger charge is -2.25. The SMILES string of the molecule is CC(C)(O)c1ncc(-c2ccc3nc4n(c3c2)[C@@H](c2c(OC(F)F)cccc2C(O)C(F)(F)F)C[C@@H]4O)cn1. The second-order valence-electron chi connectivity index (χ2n) is 9.75. The van der Waals surface area contributed by atoms with Crippen molar-refractivity contribution in [2.45, 2.75) is 56.9 Å². The zero-order chi connectivity index (χ0) is 28.3. The molecule has 3 N–H and O–H groups in total. The summed E-state index contributed by atoms with van der Waals surface area (Å²) in [4.78, 5) is 12.8. The van der Waals surface area contributed by atoms with Crippen LogP contribution in [0, 0.1) is 0 Å². The number of imidazole rings is 1. The summed E-state index contributed by atoms with van der Waals surface area (Å²) in [5.74, 6) is -0.225. The fraction of sp³-hybridized carbons (Fsp3) is 0.346. The number of fused-ring (bicyclic) bond motifs is 3. The summed E-state index contributed by atoms with van der Waals surface area (Å²) in [5.41, 5.74) is -0.302. The Morgan fingerprint density at radius 3 is 2.36 bits per heavy atom. The lowest BCUT2D eigenvalue weighted by molar-refractivity contribution is -0.207. The number of alkyl halides is 5. The molecule has 206 valence electrons. The van der Waals surface area contributed by atoms with Crippen molar-refractivity contribution in [3.63, 3.8) is 0 Å². The molecule has 1 aliphatic rings. The second-order valence-corrected chi connectivity index (χ2v) is 9.75. The van der Waals surface area contributed by atoms with E-state index in [-0.39, 0.29) is 23.6 Å². The van der Waals surface area contributed by atoms with Gasteiger partial charge in [-0.15, -0.1) is 0 Å². The standard InChI is InChI=1S/C26H23F5N4O4/c1-25(2,38)23-32-10-13(11-33-23)12-6-7-15-16(8-12)35-17(9-18(36)22(35)34-15)20-14(21(37)26(29,30)31)4-3-5-19(20)39-24(27)28/h3-8,10-11,17-18,21,24,36-38H,9H2,1-2H3/t17-,18+,21?/m1/s1. The van der Waals surface area contributed by atoms with Crippen LogP contribution in [-0.2, 0) is 5.60 Å². The summed E-state index contributed by atoms with van der Waals surface area (Å²) in [7, 11) is 0. The van der Waals surface area contributed by atoms with Crippen molar-refractivity contribution in [1.82, 2.24) is 19.5 Å². The van der Waals surface area contributed by atoms with Gasteiger partial charge in [0.25, 0.3) is 0 Å². The number of benzene rings is 2. The minimum atomic E-state index is -5.09. The predicted molar refractivity (Wildman–Crippen MR) is 128 cm³/mol. The molecule has 0 spiro atoms. The van der Waals surface area contributed by atoms with Gasteiger partial charge in [0.1, 0.15) is 23.3 Å². The normalized spacial score (nSPS) is 18.5. The van der Waals surface area contributed by atoms with E-state index < -0.39 is 48.0 Å². The van der Waals surface area contributed by atoms with E-state index in [9.17, 15) is 37.3 Å². The van der Waals surface area contributed by atoms with Crippen molar-refractivity contribution in [3.05, 3.63) is 71.6 Å². The molecule has 0 amide bonds. The summed E-state index contributed by atoms with van der Waals surface area (Å²) < 4.78 is 73.3. The molecule has 8 nitrogen and oxygen atoms in total. The first kappa shape index (κ1) is 26.9. The topological polar surface area (TPSA) is 114 Å². The van der Waals surface area contributed by atoms with Crippen LogP contribution in [0.25, 0.3) is 22.2 Å². The highest BCUT2D eigenvalue weighted by Gasteiger charge is 2.44. The smallest absolute Gasteiger partial charge is 0.418 e. The summed E-state index contributed by atoms with van der Waals surface area (Å²) >= 11 is 0. The lowest BCUT2D eigenvalue weighted by Crippen LogP contribution is -2.23. The van der Waals surface area contributed by atoms with Crippen LogP contribution in [-0.4, -0.2) is 47.6 Å². The van der Waals surface area contributed by atoms with Crippen molar-refractivity contribution in [3.8, 4) is 16.9 Å². The Morgan fingerprint density at radius 2 is 1.74 bits per heavy atom. The van der Waals surface area contributed by atoms with Crippen LogP contribution in [0.5, 0.6) is 5.75 Å². The van der Waals surface area contributed by atoms with Crippen LogP contribution in [0.3, 0.4) is 0 Å². The van der Waals surface area contributed by atoms with Crippen LogP contribution in [0.2, 0.25) is 0 Å². The van der Waals surface area contributed by atoms with Crippen LogP contribution in [0.4, 0.5) is 22.0 Å². The molecule has 0 radical (unpaired) electrons. The molecule has 1 aliphatic heterocycles. The number of aliphatic hydroxyl groups is 3. The van der Waals surface area contributed by atoms with E-state index in [1.54, 1.807) is 18.2 Å². The van der Waals surface area contributed by atoms with Crippen molar-refractivity contribution in [1.29, 1.82) is 0 Å². The third-order valence-corrected chi connectivity index (χ3v) is 6.56. The molecule has 0 fully saturated rings. The van der Waals surface area contributed by atoms with Gasteiger partial charge in [-0.05, 0) is 43.2 Å². The molecule has 13 heteroatoms. The van der Waals surface area contributed by atoms with E-state index in [2.05, 4.69) is 19.7 Å². The second kappa shape index (κ2) is 9.50. The molecule has 39 heavy (non-hydrogen) atoms. The van der Waals surface area contributed by atoms with Gasteiger partial charge in [0.2, 0.25) is 0 Å². The number of rotatable bonds is 6. The Kier molecular flexibility index (Phi) is 6.56. The molecule has 3 atom stereocenters. The fourth-order valence-corrected chi connectivity index (χ4v) is 4.85. The molecule has 2 aromatic carbocycles. The number of hydrogen-bond donors (Lipinski definition) is 3. The number of aliphatic hydroxyl groups excluding tert-OH is 2. The van der Waals surface area contributed by atoms with E-state index in [4.69, 9.17) is 0 Å². The molecular formula is C26H23F5N4O4. The number of aromatic nitrogens is 4. The Bertz CT molecular complexity index is 1520. The Morgan fingerprint density at radius 1 is 1.05 bits per heavy atom. The van der Waals surface area contributed by atoms with Crippen molar-refractivity contribution < 1.29 is 42.0 Å². The average molecular weight is 550 g/mol. The van der Waals surface area contributed by atoms with Gasteiger partial charge < -0.3 is 24.6 Å². The van der Waals surface area contributed by atoms with Gasteiger partial charge in [-0.3, -0.25) is 0 Å². The van der Waals surface area contributed by atoms with Gasteiger partial charge in [0.05, 0.1) is 17.1 Å². The quantitative estimate of drug-likeness (QED) is 0.292. The molecule has 0 bridgehead atoms. The molecule has 0 saturated carbocycles. The first-order chi connectivity index (χ1) is 18.3. The predicted octanol–water partition coefficient (Wildman–Crippen LogP) is 4.94. The van der Waals surface area contributed by atoms with Crippen LogP contribution < -0.4 is 4.74 Å². The largest absolute Gasteiger partial charge is 0.434 e. The summed E-state index contributed by atoms with van der Waals surface area (Å²) in [6, 6.07) is 7.05. The number of ether oxygens (including phenoxy) is 1. The van der Waals surface area contributed by atoms with E-state index in [0.717, 1.165) is 18.2 Å². The van der Waals surface area contributed by atoms with E-state index in [1.807, 2.05) is 0 Å². The molecule has 0 aliphatic carbocycles. The minimum Gasteiger partial charge on any atom is -0.434 e. The van der Waals surface area contributed by atoms with E-state index in [1.165, 1.54) is 30.8 Å². The Balaban J connectivity index is 1.68. The van der Waals surface area contributed by atoms with Gasteiger partial charge >= 0.3 is 12.8 Å². The van der Waals surface area contributed by atoms with Crippen molar-refractivity contribution >= 4 is 11.0 Å². The van der Waals surface area contributed by atoms with Crippen LogP contribution >= 0.6 is 0 Å². The van der Waals surface area contributed by atoms with Crippen LogP contribution in [0.1, 0.15) is 61.3 Å². The maximum atomic E-state index is 13.6. The number of halogens is 5. The first-order valence-corrected chi connectivity index (χ1v) is 11.8. The first-order valence-electron chi connectivity index (χ1n) is 11.8. The van der Waals surface area contributed by atoms with Crippen LogP contribution in [0.15, 0.2) is 48.8 Å². The van der Waals surface area contributed by atoms with Crippen molar-refractivity contribution in [2.24, 2.45) is 0 Å². The lowest BCUT2D eigenvalue weighted by atomic mass is 9.93. The maximum Gasteiger partial charge on any atom is 0.418 e. The molecule has 0 saturated heterocycles. The van der Waals surface area contributed by atoms with Gasteiger partial charge in [0, 0.05) is 29.9 Å². The summed E-state index contributed by atoms with van der Waals surface area (Å²) in [6.07, 6.45) is -6.48. The third kappa shape index (κ3) is 4.92. The van der Waals surface area contributed by atoms with Crippen molar-refractivity contribution in [2.75, 3.05) is 0 Å². The average Bonchev–Trinajstić information content (AvgIpc) is 3.39. The molecule has 2 aromatic heterocycles. The Labute approximate surface area is 218 Å². The molecule has 5 rings (SSSR count). The molecule has 1 unspecified atom stereocenters. The summed E-state index contributed by atoms with van der Waals surface area (Å²) in [5, 5.41) is 31.0. The molecular weight excluding hydrogens is 527 g/mol. The summed E-state index contributed by atoms with van der Waals surface area (Å²) in [6.45, 7) is -0.269. The number of hydrogen-bond acceptors (Lipinski definition) is 7. The molecule has 3 heterocycles. The van der Waals surface area contributed by atoms with Gasteiger partial charge in [-0.25, -0.2) is 15.0 Å². The van der Waals surface area contributed by atoms with Gasteiger partial charge in [-0.2, -0.15) is 22.0 Å². The maximum absolute atomic E-state index is 13.6. The third-order valence-electron chi connectivity index (χ3n) is 6.56. The zero-order valence-corrected chi connectivity index (χ0v) is 20.6. The number of nitrogens with zero attached hydrogens (tertiary/aromatic N) is 4. The molecule has 4 aromatic rings. The highest BCUT2D eigenvalue weighted by atomic mass is 19.4. The van der Waals surface area contributed by atoms with E-state index in [0.29, 0.717) is 22.2 Å². The fourth-order valence-electron chi connectivity index (χ4n) is 4.85. The minimum absolute atomic E-state index is 0.125. The highest BCUT2D eigenvalue weighted by Crippen LogP contribution is 2.48. The van der Waals surface area contributed by atoms with Gasteiger partial charge in [-0.1, -0.05) is 18.2 Å². The highest BCUT2D eigenvalue weighted by molar-refractivity contribution is 5.83. The van der Waals surface area contributed by atoms with Gasteiger partial charge in [0.15, 0.2) is 11.9 Å².